The van der Waals surface area contributed by atoms with E-state index in [1.807, 2.05) is 19.1 Å². The van der Waals surface area contributed by atoms with Gasteiger partial charge in [0.05, 0.1) is 12.8 Å². The summed E-state index contributed by atoms with van der Waals surface area (Å²) in [5.41, 5.74) is 3.82. The Hall–Kier alpha value is -5.72. The largest absolute Gasteiger partial charge is 0.380 e. The van der Waals surface area contributed by atoms with Crippen LogP contribution >= 0.6 is 0 Å². The fourth-order valence-corrected chi connectivity index (χ4v) is 10.0. The Morgan fingerprint density at radius 2 is 1.78 bits per heavy atom. The van der Waals surface area contributed by atoms with E-state index in [0.717, 1.165) is 76.1 Å². The summed E-state index contributed by atoms with van der Waals surface area (Å²) in [5, 5.41) is 11.9. The molecule has 18 nitrogen and oxygen atoms in total. The molecule has 4 aliphatic heterocycles. The minimum absolute atomic E-state index is 0.0709. The van der Waals surface area contributed by atoms with Crippen molar-refractivity contribution in [1.29, 1.82) is 0 Å². The molecule has 0 radical (unpaired) electrons. The number of methoxy groups -OCH3 is 1. The molecule has 2 saturated heterocycles. The number of anilines is 4. The Morgan fingerprint density at radius 1 is 0.985 bits per heavy atom. The molecule has 5 heterocycles. The van der Waals surface area contributed by atoms with Gasteiger partial charge < -0.3 is 45.0 Å². The van der Waals surface area contributed by atoms with E-state index >= 15 is 0 Å². The summed E-state index contributed by atoms with van der Waals surface area (Å²) in [6.45, 7) is 5.85. The first-order valence-electron chi connectivity index (χ1n) is 23.3. The van der Waals surface area contributed by atoms with Crippen LogP contribution in [0.1, 0.15) is 106 Å². The summed E-state index contributed by atoms with van der Waals surface area (Å²) in [4.78, 5) is 94.0. The average molecular weight is 895 g/mol. The summed E-state index contributed by atoms with van der Waals surface area (Å²) in [6, 6.07) is 4.54. The van der Waals surface area contributed by atoms with E-state index in [0.29, 0.717) is 72.9 Å². The lowest BCUT2D eigenvalue weighted by atomic mass is 9.97. The molecule has 2 unspecified atom stereocenters. The first-order chi connectivity index (χ1) is 31.5. The lowest BCUT2D eigenvalue weighted by Gasteiger charge is -2.43. The molecule has 3 atom stereocenters. The number of fused-ring (bicyclic) bond motifs is 2. The molecule has 1 saturated carbocycles. The summed E-state index contributed by atoms with van der Waals surface area (Å²) in [5.74, 6) is -0.0583. The van der Waals surface area contributed by atoms with E-state index in [9.17, 15) is 28.8 Å². The second-order valence-electron chi connectivity index (χ2n) is 17.9. The van der Waals surface area contributed by atoms with Crippen molar-refractivity contribution in [3.63, 3.8) is 0 Å². The van der Waals surface area contributed by atoms with Crippen LogP contribution in [-0.4, -0.2) is 132 Å². The zero-order valence-corrected chi connectivity index (χ0v) is 37.7. The molecule has 18 heteroatoms. The second-order valence-corrected chi connectivity index (χ2v) is 17.9. The second kappa shape index (κ2) is 20.6. The van der Waals surface area contributed by atoms with Gasteiger partial charge in [0.2, 0.25) is 35.5 Å². The maximum atomic E-state index is 13.4. The number of hydrogen-bond acceptors (Lipinski definition) is 13. The van der Waals surface area contributed by atoms with Crippen molar-refractivity contribution in [2.45, 2.75) is 127 Å². The van der Waals surface area contributed by atoms with Crippen molar-refractivity contribution >= 4 is 58.6 Å². The number of unbranched alkanes of at least 4 members (excludes halogenated alkanes) is 1. The van der Waals surface area contributed by atoms with Gasteiger partial charge >= 0.3 is 0 Å². The van der Waals surface area contributed by atoms with Crippen molar-refractivity contribution < 1.29 is 38.2 Å². The number of nitrogens with one attached hydrogen (secondary N) is 4. The third kappa shape index (κ3) is 10.2. The highest BCUT2D eigenvalue weighted by Gasteiger charge is 2.42. The Labute approximate surface area is 379 Å². The molecule has 1 aromatic carbocycles. The van der Waals surface area contributed by atoms with Crippen molar-refractivity contribution in [1.82, 2.24) is 30.4 Å². The Balaban J connectivity index is 0.730. The van der Waals surface area contributed by atoms with E-state index in [-0.39, 0.29) is 73.2 Å². The van der Waals surface area contributed by atoms with E-state index in [2.05, 4.69) is 36.1 Å². The van der Waals surface area contributed by atoms with E-state index in [4.69, 9.17) is 14.5 Å². The van der Waals surface area contributed by atoms with Gasteiger partial charge in [0.25, 0.3) is 5.91 Å². The van der Waals surface area contributed by atoms with Crippen LogP contribution in [0.5, 0.6) is 0 Å². The highest BCUT2D eigenvalue weighted by Crippen LogP contribution is 2.40. The minimum atomic E-state index is -0.714. The Bertz CT molecular complexity index is 2220. The molecule has 65 heavy (non-hydrogen) atoms. The standard InChI is InChI=1S/C47H62N10O8/c1-4-36-46(63)54(2)38-27-48-47(53-42(38)57(36)31-10-5-6-11-31)51-35-16-15-29(26-39(35)64-3)43(60)49-30-19-21-55(22-20-30)23-25-65-24-8-7-14-40(58)50-34-13-9-12-32-33(34)28-56(45(32)62)37-17-18-41(59)52-44(37)61/h9,12-13,15-16,27,30-31,36-37,39H,4-8,10-11,14,17-26,28H2,1-3H3,(H,49,60)(H,50,58)(H,48,51,53)(H,52,59,61)/t36-,37?,39?/m1/s1. The Morgan fingerprint density at radius 3 is 2.54 bits per heavy atom. The molecule has 0 bridgehead atoms. The average Bonchev–Trinajstić information content (AvgIpc) is 3.96. The maximum Gasteiger partial charge on any atom is 0.255 e. The third-order valence-corrected chi connectivity index (χ3v) is 13.7. The van der Waals surface area contributed by atoms with E-state index in [1.165, 1.54) is 4.90 Å². The molecule has 2 aromatic rings. The zero-order valence-electron chi connectivity index (χ0n) is 37.7. The number of likely N-dealkylation sites (tertiary alicyclic amines) is 1. The lowest BCUT2D eigenvalue weighted by Crippen LogP contribution is -2.55. The van der Waals surface area contributed by atoms with Gasteiger partial charge in [-0.05, 0) is 69.6 Å². The molecule has 348 valence electrons. The van der Waals surface area contributed by atoms with Gasteiger partial charge in [0.1, 0.15) is 23.9 Å². The number of piperidine rings is 2. The number of hydrogen-bond donors (Lipinski definition) is 4. The number of ether oxygens (including phenoxy) is 2. The van der Waals surface area contributed by atoms with Crippen LogP contribution in [0.15, 0.2) is 47.8 Å². The van der Waals surface area contributed by atoms with Gasteiger partial charge in [0.15, 0.2) is 5.82 Å². The van der Waals surface area contributed by atoms with Crippen molar-refractivity contribution in [2.24, 2.45) is 0 Å². The SMILES string of the molecule is CC[C@@H]1C(=O)N(C)c2cnc(NC3=CC=C(C(=O)NC4CCN(CCOCCCCC(=O)Nc5cccc6c5CN(C5CCC(=O)NC5=O)C6=O)CC4)CC3OC)nc2N1C1CCCC1. The quantitative estimate of drug-likeness (QED) is 0.132. The van der Waals surface area contributed by atoms with E-state index in [1.54, 1.807) is 43.5 Å². The normalized spacial score (nSPS) is 22.9. The number of imide groups is 1. The number of allylic oxidation sites excluding steroid dienone is 2. The fourth-order valence-electron chi connectivity index (χ4n) is 10.0. The monoisotopic (exact) mass is 894 g/mol. The zero-order chi connectivity index (χ0) is 45.6. The number of carbonyl (C=O) groups is 6. The molecule has 6 aliphatic rings. The highest BCUT2D eigenvalue weighted by atomic mass is 16.5. The molecule has 8 rings (SSSR count). The minimum Gasteiger partial charge on any atom is -0.380 e. The molecule has 4 N–H and O–H groups in total. The van der Waals surface area contributed by atoms with Crippen molar-refractivity contribution in [2.75, 3.05) is 67.4 Å². The first-order valence-corrected chi connectivity index (χ1v) is 23.3. The molecular weight excluding hydrogens is 833 g/mol. The summed E-state index contributed by atoms with van der Waals surface area (Å²) < 4.78 is 11.8. The first kappa shape index (κ1) is 45.8. The van der Waals surface area contributed by atoms with Gasteiger partial charge in [-0.1, -0.05) is 31.9 Å². The van der Waals surface area contributed by atoms with Crippen molar-refractivity contribution in [3.05, 3.63) is 58.9 Å². The van der Waals surface area contributed by atoms with Crippen LogP contribution in [0.4, 0.5) is 23.1 Å². The van der Waals surface area contributed by atoms with Gasteiger partial charge in [-0.3, -0.25) is 34.1 Å². The molecule has 2 aliphatic carbocycles. The van der Waals surface area contributed by atoms with E-state index < -0.39 is 11.9 Å². The molecule has 6 amide bonds. The number of amides is 6. The van der Waals surface area contributed by atoms with Crippen LogP contribution in [-0.2, 0) is 40.0 Å². The summed E-state index contributed by atoms with van der Waals surface area (Å²) in [7, 11) is 3.42. The number of rotatable bonds is 17. The van der Waals surface area contributed by atoms with Crippen LogP contribution < -0.4 is 31.1 Å². The maximum absolute atomic E-state index is 13.4. The topological polar surface area (TPSA) is 208 Å². The lowest BCUT2D eigenvalue weighted by molar-refractivity contribution is -0.137. The molecular formula is C47H62N10O8. The van der Waals surface area contributed by atoms with Gasteiger partial charge in [0, 0.05) is 106 Å². The van der Waals surface area contributed by atoms with Crippen LogP contribution in [0.3, 0.4) is 0 Å². The predicted molar refractivity (Wildman–Crippen MR) is 243 cm³/mol. The number of benzene rings is 1. The summed E-state index contributed by atoms with van der Waals surface area (Å²) >= 11 is 0. The van der Waals surface area contributed by atoms with Crippen LogP contribution in [0.25, 0.3) is 0 Å². The number of carbonyl (C=O) groups excluding carboxylic acids is 6. The predicted octanol–water partition coefficient (Wildman–Crippen LogP) is 3.79. The fraction of sp³-hybridized carbons (Fsp3) is 0.574. The van der Waals surface area contributed by atoms with Gasteiger partial charge in [-0.25, -0.2) is 4.98 Å². The Kier molecular flexibility index (Phi) is 14.5. The van der Waals surface area contributed by atoms with Crippen LogP contribution in [0, 0.1) is 0 Å². The molecule has 3 fully saturated rings. The van der Waals surface area contributed by atoms with Crippen molar-refractivity contribution in [3.8, 4) is 0 Å². The molecule has 0 spiro atoms. The van der Waals surface area contributed by atoms with Gasteiger partial charge in [-0.2, -0.15) is 4.98 Å². The number of aromatic nitrogens is 2. The number of nitrogens with zero attached hydrogens (tertiary/aromatic N) is 6. The number of likely N-dealkylation sites (N-methyl/N-ethyl adjacent to an activating group) is 1. The van der Waals surface area contributed by atoms with Gasteiger partial charge in [-0.15, -0.1) is 0 Å². The summed E-state index contributed by atoms with van der Waals surface area (Å²) in [6.07, 6.45) is 14.3. The van der Waals surface area contributed by atoms with Crippen LogP contribution in [0.2, 0.25) is 0 Å². The smallest absolute Gasteiger partial charge is 0.255 e. The highest BCUT2D eigenvalue weighted by molar-refractivity contribution is 6.07. The molecule has 1 aromatic heterocycles. The third-order valence-electron chi connectivity index (χ3n) is 13.7.